The van der Waals surface area contributed by atoms with Gasteiger partial charge in [0.25, 0.3) is 0 Å². The third-order valence-corrected chi connectivity index (χ3v) is 5.69. The fourth-order valence-electron chi connectivity index (χ4n) is 4.27. The molecule has 3 saturated heterocycles. The Bertz CT molecular complexity index is 494. The molecule has 1 unspecified atom stereocenters. The van der Waals surface area contributed by atoms with Crippen molar-refractivity contribution in [2.75, 3.05) is 38.6 Å². The predicted molar refractivity (Wildman–Crippen MR) is 92.2 cm³/mol. The molecule has 0 aromatic heterocycles. The molecule has 0 saturated carbocycles. The monoisotopic (exact) mass is 301 g/mol. The summed E-state index contributed by atoms with van der Waals surface area (Å²) in [4.78, 5) is 3.98. The molecule has 3 N–H and O–H groups in total. The summed E-state index contributed by atoms with van der Waals surface area (Å²) in [6.45, 7) is 9.10. The molecule has 1 aromatic rings. The first-order valence-corrected chi connectivity index (χ1v) is 8.72. The van der Waals surface area contributed by atoms with Crippen LogP contribution < -0.4 is 15.1 Å². The number of hydrogen-bond acceptors (Lipinski definition) is 1. The number of rotatable bonds is 6. The lowest BCUT2D eigenvalue weighted by Gasteiger charge is -2.45. The molecule has 3 heteroatoms. The molecule has 3 nitrogen and oxygen atoms in total. The molecular formula is C19H31N3+2. The van der Waals surface area contributed by atoms with Crippen LogP contribution in [-0.4, -0.2) is 39.8 Å². The van der Waals surface area contributed by atoms with E-state index in [0.717, 1.165) is 24.4 Å². The van der Waals surface area contributed by atoms with Crippen molar-refractivity contribution in [2.45, 2.75) is 25.4 Å². The first-order chi connectivity index (χ1) is 10.7. The Morgan fingerprint density at radius 2 is 2.09 bits per heavy atom. The molecule has 0 amide bonds. The maximum absolute atomic E-state index is 4.02. The molecule has 120 valence electrons. The zero-order valence-corrected chi connectivity index (χ0v) is 14.1. The van der Waals surface area contributed by atoms with Crippen molar-refractivity contribution >= 4 is 5.69 Å². The van der Waals surface area contributed by atoms with E-state index in [9.17, 15) is 0 Å². The van der Waals surface area contributed by atoms with Crippen molar-refractivity contribution in [1.29, 1.82) is 0 Å². The Hall–Kier alpha value is -1.32. The van der Waals surface area contributed by atoms with Crippen LogP contribution in [0.4, 0.5) is 5.69 Å². The van der Waals surface area contributed by atoms with E-state index < -0.39 is 0 Å². The van der Waals surface area contributed by atoms with Crippen molar-refractivity contribution in [1.82, 2.24) is 0 Å². The summed E-state index contributed by atoms with van der Waals surface area (Å²) >= 11 is 0. The number of nitrogens with zero attached hydrogens (tertiary/aromatic N) is 1. The SMILES string of the molecule is C=C[C@H]1C[NH+]2CC[C@H]1C[C@@H]2C[NH2+]Cc1ccc(N(C)C)cc1. The second-order valence-electron chi connectivity index (χ2n) is 7.28. The molecule has 3 fully saturated rings. The second kappa shape index (κ2) is 6.84. The van der Waals surface area contributed by atoms with Crippen molar-refractivity contribution < 1.29 is 10.2 Å². The summed E-state index contributed by atoms with van der Waals surface area (Å²) < 4.78 is 0. The molecular weight excluding hydrogens is 270 g/mol. The summed E-state index contributed by atoms with van der Waals surface area (Å²) in [5.41, 5.74) is 2.71. The Morgan fingerprint density at radius 3 is 2.68 bits per heavy atom. The molecule has 4 rings (SSSR count). The molecule has 3 aliphatic heterocycles. The molecule has 2 bridgehead atoms. The second-order valence-corrected chi connectivity index (χ2v) is 7.28. The molecule has 22 heavy (non-hydrogen) atoms. The number of hydrogen-bond donors (Lipinski definition) is 2. The maximum Gasteiger partial charge on any atom is 0.137 e. The highest BCUT2D eigenvalue weighted by Gasteiger charge is 2.42. The first kappa shape index (κ1) is 15.6. The van der Waals surface area contributed by atoms with Crippen LogP contribution >= 0.6 is 0 Å². The summed E-state index contributed by atoms with van der Waals surface area (Å²) in [6.07, 6.45) is 5.02. The normalized spacial score (nSPS) is 30.3. The number of piperidine rings is 3. The lowest BCUT2D eigenvalue weighted by atomic mass is 9.75. The van der Waals surface area contributed by atoms with Gasteiger partial charge in [-0.1, -0.05) is 18.2 Å². The van der Waals surface area contributed by atoms with Crippen LogP contribution in [-0.2, 0) is 6.54 Å². The van der Waals surface area contributed by atoms with Gasteiger partial charge in [0, 0.05) is 44.1 Å². The van der Waals surface area contributed by atoms with Crippen LogP contribution in [0.5, 0.6) is 0 Å². The van der Waals surface area contributed by atoms with E-state index in [1.54, 1.807) is 0 Å². The Morgan fingerprint density at radius 1 is 1.32 bits per heavy atom. The smallest absolute Gasteiger partial charge is 0.137 e. The van der Waals surface area contributed by atoms with Gasteiger partial charge in [0.1, 0.15) is 19.1 Å². The van der Waals surface area contributed by atoms with Crippen LogP contribution in [0.3, 0.4) is 0 Å². The summed E-state index contributed by atoms with van der Waals surface area (Å²) in [5, 5.41) is 2.51. The minimum Gasteiger partial charge on any atom is -0.378 e. The van der Waals surface area contributed by atoms with E-state index in [4.69, 9.17) is 0 Å². The number of benzene rings is 1. The van der Waals surface area contributed by atoms with Gasteiger partial charge in [-0.05, 0) is 18.1 Å². The quantitative estimate of drug-likeness (QED) is 0.726. The van der Waals surface area contributed by atoms with Gasteiger partial charge in [0.05, 0.1) is 13.1 Å². The molecule has 4 atom stereocenters. The number of quaternary nitrogens is 2. The predicted octanol–water partition coefficient (Wildman–Crippen LogP) is 0.295. The van der Waals surface area contributed by atoms with E-state index in [-0.39, 0.29) is 0 Å². The van der Waals surface area contributed by atoms with E-state index in [1.807, 2.05) is 4.90 Å². The third-order valence-electron chi connectivity index (χ3n) is 5.69. The van der Waals surface area contributed by atoms with Crippen LogP contribution in [0.2, 0.25) is 0 Å². The first-order valence-electron chi connectivity index (χ1n) is 8.72. The largest absolute Gasteiger partial charge is 0.378 e. The van der Waals surface area contributed by atoms with Crippen LogP contribution in [0.25, 0.3) is 0 Å². The van der Waals surface area contributed by atoms with E-state index in [0.29, 0.717) is 0 Å². The zero-order chi connectivity index (χ0) is 15.5. The van der Waals surface area contributed by atoms with E-state index in [2.05, 4.69) is 61.2 Å². The van der Waals surface area contributed by atoms with Crippen LogP contribution in [0, 0.1) is 11.8 Å². The van der Waals surface area contributed by atoms with Gasteiger partial charge < -0.3 is 15.1 Å². The van der Waals surface area contributed by atoms with Crippen LogP contribution in [0.15, 0.2) is 36.9 Å². The van der Waals surface area contributed by atoms with Crippen molar-refractivity contribution in [3.63, 3.8) is 0 Å². The standard InChI is InChI=1S/C19H29N3/c1-4-16-14-22-10-9-17(16)11-19(22)13-20-12-15-5-7-18(8-6-15)21(2)3/h4-8,16-17,19-20H,1,9-14H2,2-3H3/p+2/t16-,17-,19+/m0/s1. The fraction of sp³-hybridized carbons (Fsp3) is 0.579. The molecule has 3 aliphatic rings. The zero-order valence-electron chi connectivity index (χ0n) is 14.1. The summed E-state index contributed by atoms with van der Waals surface area (Å²) in [6, 6.07) is 9.82. The summed E-state index contributed by atoms with van der Waals surface area (Å²) in [7, 11) is 4.18. The van der Waals surface area contributed by atoms with Crippen molar-refractivity contribution in [3.05, 3.63) is 42.5 Å². The Balaban J connectivity index is 1.46. The topological polar surface area (TPSA) is 24.3 Å². The maximum atomic E-state index is 4.02. The average Bonchev–Trinajstić information content (AvgIpc) is 2.56. The molecule has 1 aromatic carbocycles. The number of fused-ring (bicyclic) bond motifs is 3. The van der Waals surface area contributed by atoms with E-state index in [1.165, 1.54) is 43.7 Å². The van der Waals surface area contributed by atoms with Gasteiger partial charge in [-0.2, -0.15) is 0 Å². The lowest BCUT2D eigenvalue weighted by molar-refractivity contribution is -0.958. The van der Waals surface area contributed by atoms with Crippen molar-refractivity contribution in [2.24, 2.45) is 11.8 Å². The molecule has 0 spiro atoms. The third kappa shape index (κ3) is 3.36. The minimum atomic E-state index is 0.776. The Kier molecular flexibility index (Phi) is 4.84. The van der Waals surface area contributed by atoms with Gasteiger partial charge in [-0.3, -0.25) is 0 Å². The highest BCUT2D eigenvalue weighted by molar-refractivity contribution is 5.45. The summed E-state index contributed by atoms with van der Waals surface area (Å²) in [5.74, 6) is 1.69. The molecule has 3 heterocycles. The molecule has 0 radical (unpaired) electrons. The number of nitrogens with two attached hydrogens (primary N) is 1. The van der Waals surface area contributed by atoms with Gasteiger partial charge in [-0.15, -0.1) is 6.58 Å². The van der Waals surface area contributed by atoms with Crippen LogP contribution in [0.1, 0.15) is 18.4 Å². The molecule has 0 aliphatic carbocycles. The number of anilines is 1. The highest BCUT2D eigenvalue weighted by Crippen LogP contribution is 2.26. The van der Waals surface area contributed by atoms with Gasteiger partial charge in [-0.25, -0.2) is 0 Å². The van der Waals surface area contributed by atoms with E-state index >= 15 is 0 Å². The number of nitrogens with one attached hydrogen (secondary N) is 1. The van der Waals surface area contributed by atoms with Gasteiger partial charge in [0.15, 0.2) is 0 Å². The fourth-order valence-corrected chi connectivity index (χ4v) is 4.27. The van der Waals surface area contributed by atoms with Gasteiger partial charge in [0.2, 0.25) is 0 Å². The highest BCUT2D eigenvalue weighted by atomic mass is 15.2. The van der Waals surface area contributed by atoms with Gasteiger partial charge >= 0.3 is 0 Å². The minimum absolute atomic E-state index is 0.776. The average molecular weight is 301 g/mol. The van der Waals surface area contributed by atoms with Crippen molar-refractivity contribution in [3.8, 4) is 0 Å². The Labute approximate surface area is 135 Å². The lowest BCUT2D eigenvalue weighted by Crippen LogP contribution is -3.21.